The first kappa shape index (κ1) is 18.3. The van der Waals surface area contributed by atoms with E-state index in [9.17, 15) is 4.79 Å². The number of rotatable bonds is 6. The molecule has 0 heterocycles. The maximum absolute atomic E-state index is 11.4. The molecule has 0 saturated carbocycles. The molecule has 6 nitrogen and oxygen atoms in total. The van der Waals surface area contributed by atoms with E-state index in [0.717, 1.165) is 5.56 Å². The Morgan fingerprint density at radius 3 is 2.05 bits per heavy atom. The van der Waals surface area contributed by atoms with Crippen molar-refractivity contribution in [2.45, 2.75) is 19.5 Å². The number of carbonyl (C=O) groups excluding carboxylic acids is 1. The van der Waals surface area contributed by atoms with Gasteiger partial charge in [0.2, 0.25) is 11.7 Å². The summed E-state index contributed by atoms with van der Waals surface area (Å²) in [5.41, 5.74) is 6.31. The molecule has 0 spiro atoms. The zero-order valence-corrected chi connectivity index (χ0v) is 12.9. The number of hydrogen-bond donors (Lipinski definition) is 2. The number of ether oxygens (including phenoxy) is 3. The Bertz CT molecular complexity index is 427. The summed E-state index contributed by atoms with van der Waals surface area (Å²) in [6.07, 6.45) is 0. The third-order valence-electron chi connectivity index (χ3n) is 2.60. The van der Waals surface area contributed by atoms with Crippen LogP contribution in [0.15, 0.2) is 12.1 Å². The second-order valence-electron chi connectivity index (χ2n) is 4.04. The molecule has 20 heavy (non-hydrogen) atoms. The molecular weight excluding hydrogens is 284 g/mol. The molecule has 0 aliphatic rings. The number of nitrogens with one attached hydrogen (secondary N) is 1. The number of carbonyl (C=O) groups is 1. The van der Waals surface area contributed by atoms with Crippen LogP contribution in [0.1, 0.15) is 12.5 Å². The highest BCUT2D eigenvalue weighted by molar-refractivity contribution is 5.85. The molecule has 114 valence electrons. The van der Waals surface area contributed by atoms with Gasteiger partial charge in [0.15, 0.2) is 11.5 Å². The average molecular weight is 305 g/mol. The van der Waals surface area contributed by atoms with Crippen LogP contribution in [-0.4, -0.2) is 33.3 Å². The smallest absolute Gasteiger partial charge is 0.236 e. The van der Waals surface area contributed by atoms with Crippen LogP contribution in [0.2, 0.25) is 0 Å². The monoisotopic (exact) mass is 304 g/mol. The molecule has 0 saturated heterocycles. The van der Waals surface area contributed by atoms with Gasteiger partial charge in [0, 0.05) is 6.54 Å². The van der Waals surface area contributed by atoms with Gasteiger partial charge in [0.25, 0.3) is 0 Å². The van der Waals surface area contributed by atoms with Crippen LogP contribution in [0.4, 0.5) is 0 Å². The number of halogens is 1. The van der Waals surface area contributed by atoms with E-state index < -0.39 is 6.04 Å². The fourth-order valence-corrected chi connectivity index (χ4v) is 1.59. The molecule has 0 aliphatic carbocycles. The van der Waals surface area contributed by atoms with Crippen molar-refractivity contribution < 1.29 is 19.0 Å². The molecule has 0 radical (unpaired) electrons. The van der Waals surface area contributed by atoms with E-state index in [0.29, 0.717) is 23.8 Å². The molecule has 1 aromatic rings. The topological polar surface area (TPSA) is 82.8 Å². The lowest BCUT2D eigenvalue weighted by Gasteiger charge is -2.14. The zero-order valence-electron chi connectivity index (χ0n) is 12.1. The van der Waals surface area contributed by atoms with Crippen LogP contribution >= 0.6 is 12.4 Å². The summed E-state index contributed by atoms with van der Waals surface area (Å²) in [6.45, 7) is 1.97. The van der Waals surface area contributed by atoms with Gasteiger partial charge in [-0.2, -0.15) is 0 Å². The Morgan fingerprint density at radius 2 is 1.70 bits per heavy atom. The second kappa shape index (κ2) is 8.50. The third kappa shape index (κ3) is 4.47. The molecule has 1 rings (SSSR count). The van der Waals surface area contributed by atoms with Crippen LogP contribution in [0.3, 0.4) is 0 Å². The average Bonchev–Trinajstić information content (AvgIpc) is 2.42. The quantitative estimate of drug-likeness (QED) is 0.822. The summed E-state index contributed by atoms with van der Waals surface area (Å²) in [7, 11) is 4.63. The van der Waals surface area contributed by atoms with Crippen molar-refractivity contribution in [3.8, 4) is 17.2 Å². The molecule has 1 atom stereocenters. The first-order chi connectivity index (χ1) is 9.03. The molecule has 1 unspecified atom stereocenters. The van der Waals surface area contributed by atoms with Crippen LogP contribution in [-0.2, 0) is 11.3 Å². The number of hydrogen-bond acceptors (Lipinski definition) is 5. The van der Waals surface area contributed by atoms with Crippen molar-refractivity contribution in [2.24, 2.45) is 5.73 Å². The molecule has 1 amide bonds. The van der Waals surface area contributed by atoms with Gasteiger partial charge in [-0.1, -0.05) is 0 Å². The number of benzene rings is 1. The van der Waals surface area contributed by atoms with Crippen LogP contribution in [0, 0.1) is 0 Å². The van der Waals surface area contributed by atoms with E-state index >= 15 is 0 Å². The largest absolute Gasteiger partial charge is 0.493 e. The summed E-state index contributed by atoms with van der Waals surface area (Å²) in [6, 6.07) is 3.02. The highest BCUT2D eigenvalue weighted by Gasteiger charge is 2.14. The molecular formula is C13H21ClN2O4. The van der Waals surface area contributed by atoms with Gasteiger partial charge in [-0.25, -0.2) is 0 Å². The first-order valence-corrected chi connectivity index (χ1v) is 5.85. The van der Waals surface area contributed by atoms with E-state index in [4.69, 9.17) is 19.9 Å². The van der Waals surface area contributed by atoms with Crippen LogP contribution in [0.5, 0.6) is 17.2 Å². The molecule has 0 aliphatic heterocycles. The summed E-state index contributed by atoms with van der Waals surface area (Å²) in [4.78, 5) is 11.4. The highest BCUT2D eigenvalue weighted by atomic mass is 35.5. The van der Waals surface area contributed by atoms with Crippen molar-refractivity contribution >= 4 is 18.3 Å². The Kier molecular flexibility index (Phi) is 7.79. The minimum atomic E-state index is -0.540. The fourth-order valence-electron chi connectivity index (χ4n) is 1.59. The highest BCUT2D eigenvalue weighted by Crippen LogP contribution is 2.38. The van der Waals surface area contributed by atoms with Gasteiger partial charge in [-0.05, 0) is 24.6 Å². The lowest BCUT2D eigenvalue weighted by Crippen LogP contribution is -2.37. The Hall–Kier alpha value is -1.66. The van der Waals surface area contributed by atoms with E-state index in [-0.39, 0.29) is 18.3 Å². The standard InChI is InChI=1S/C13H20N2O4.ClH/c1-8(14)13(16)15-7-9-5-10(17-2)12(19-4)11(6-9)18-3;/h5-6,8H,7,14H2,1-4H3,(H,15,16);1H. The SMILES string of the molecule is COc1cc(CNC(=O)C(C)N)cc(OC)c1OC.Cl. The molecule has 7 heteroatoms. The first-order valence-electron chi connectivity index (χ1n) is 5.85. The number of nitrogens with two attached hydrogens (primary N) is 1. The van der Waals surface area contributed by atoms with Gasteiger partial charge in [0.05, 0.1) is 27.4 Å². The van der Waals surface area contributed by atoms with E-state index in [1.54, 1.807) is 33.3 Å². The summed E-state index contributed by atoms with van der Waals surface area (Å²) < 4.78 is 15.7. The number of amides is 1. The summed E-state index contributed by atoms with van der Waals surface area (Å²) in [5, 5.41) is 2.72. The Balaban J connectivity index is 0.00000361. The van der Waals surface area contributed by atoms with Crippen LogP contribution < -0.4 is 25.3 Å². The molecule has 1 aromatic carbocycles. The fraction of sp³-hybridized carbons (Fsp3) is 0.462. The predicted octanol–water partition coefficient (Wildman–Crippen LogP) is 1.10. The van der Waals surface area contributed by atoms with E-state index in [1.165, 1.54) is 7.11 Å². The lowest BCUT2D eigenvalue weighted by atomic mass is 10.1. The van der Waals surface area contributed by atoms with Gasteiger partial charge in [0.1, 0.15) is 0 Å². The summed E-state index contributed by atoms with van der Waals surface area (Å²) >= 11 is 0. The predicted molar refractivity (Wildman–Crippen MR) is 78.8 cm³/mol. The minimum absolute atomic E-state index is 0. The number of methoxy groups -OCH3 is 3. The minimum Gasteiger partial charge on any atom is -0.493 e. The van der Waals surface area contributed by atoms with Crippen molar-refractivity contribution in [3.05, 3.63) is 17.7 Å². The van der Waals surface area contributed by atoms with Gasteiger partial charge >= 0.3 is 0 Å². The molecule has 0 fully saturated rings. The van der Waals surface area contributed by atoms with E-state index in [1.807, 2.05) is 0 Å². The van der Waals surface area contributed by atoms with Gasteiger partial charge in [-0.15, -0.1) is 12.4 Å². The summed E-state index contributed by atoms with van der Waals surface area (Å²) in [5.74, 6) is 1.40. The van der Waals surface area contributed by atoms with Crippen molar-refractivity contribution in [1.29, 1.82) is 0 Å². The third-order valence-corrected chi connectivity index (χ3v) is 2.60. The van der Waals surface area contributed by atoms with Gasteiger partial charge < -0.3 is 25.3 Å². The Morgan fingerprint density at radius 1 is 1.20 bits per heavy atom. The molecule has 0 aromatic heterocycles. The maximum Gasteiger partial charge on any atom is 0.236 e. The Labute approximate surface area is 125 Å². The van der Waals surface area contributed by atoms with Crippen molar-refractivity contribution in [3.63, 3.8) is 0 Å². The second-order valence-corrected chi connectivity index (χ2v) is 4.04. The van der Waals surface area contributed by atoms with E-state index in [2.05, 4.69) is 5.32 Å². The molecule has 0 bridgehead atoms. The van der Waals surface area contributed by atoms with Crippen molar-refractivity contribution in [1.82, 2.24) is 5.32 Å². The van der Waals surface area contributed by atoms with Gasteiger partial charge in [-0.3, -0.25) is 4.79 Å². The zero-order chi connectivity index (χ0) is 14.4. The lowest BCUT2D eigenvalue weighted by molar-refractivity contribution is -0.122. The molecule has 3 N–H and O–H groups in total. The van der Waals surface area contributed by atoms with Crippen LogP contribution in [0.25, 0.3) is 0 Å². The normalized spacial score (nSPS) is 11.1. The maximum atomic E-state index is 11.4. The van der Waals surface area contributed by atoms with Crippen molar-refractivity contribution in [2.75, 3.05) is 21.3 Å².